The number of likely N-dealkylation sites (N-methyl/N-ethyl adjacent to an activating group) is 1. The van der Waals surface area contributed by atoms with Gasteiger partial charge < -0.3 is 10.6 Å². The van der Waals surface area contributed by atoms with E-state index in [4.69, 9.17) is 0 Å². The minimum absolute atomic E-state index is 0.438. The number of hydrogen-bond acceptors (Lipinski definition) is 2. The molecule has 1 aliphatic carbocycles. The van der Waals surface area contributed by atoms with Crippen molar-refractivity contribution in [2.45, 2.75) is 58.7 Å². The van der Waals surface area contributed by atoms with Crippen molar-refractivity contribution in [3.05, 3.63) is 0 Å². The summed E-state index contributed by atoms with van der Waals surface area (Å²) in [6, 6.07) is 1.80. The summed E-state index contributed by atoms with van der Waals surface area (Å²) in [5.74, 6) is 1.52. The lowest BCUT2D eigenvalue weighted by atomic mass is 10.1. The lowest BCUT2D eigenvalue weighted by Crippen LogP contribution is -2.48. The first-order valence-electron chi connectivity index (χ1n) is 7.14. The molecule has 0 radical (unpaired) electrons. The van der Waals surface area contributed by atoms with E-state index in [9.17, 15) is 0 Å². The van der Waals surface area contributed by atoms with Crippen molar-refractivity contribution in [2.75, 3.05) is 20.6 Å². The average molecular weight is 254 g/mol. The Kier molecular flexibility index (Phi) is 5.93. The van der Waals surface area contributed by atoms with Gasteiger partial charge in [0.15, 0.2) is 5.96 Å². The zero-order valence-corrected chi connectivity index (χ0v) is 12.8. The second-order valence-electron chi connectivity index (χ2n) is 5.88. The van der Waals surface area contributed by atoms with Gasteiger partial charge in [-0.2, -0.15) is 0 Å². The predicted molar refractivity (Wildman–Crippen MR) is 79.0 cm³/mol. The standard InChI is InChI=1S/C14H30N4/c1-10(2)12(4)17-14(15-5)16-9-11(3)18(6)13-7-8-13/h10-13H,7-9H2,1-6H3,(H2,15,16,17). The Labute approximate surface area is 112 Å². The van der Waals surface area contributed by atoms with Gasteiger partial charge in [0, 0.05) is 31.7 Å². The fraction of sp³-hybridized carbons (Fsp3) is 0.929. The fourth-order valence-electron chi connectivity index (χ4n) is 1.81. The Hall–Kier alpha value is -0.770. The molecule has 2 N–H and O–H groups in total. The van der Waals surface area contributed by atoms with Crippen LogP contribution in [0.25, 0.3) is 0 Å². The molecule has 0 spiro atoms. The SMILES string of the molecule is CN=C(NCC(C)N(C)C1CC1)NC(C)C(C)C. The van der Waals surface area contributed by atoms with E-state index in [1.54, 1.807) is 0 Å². The highest BCUT2D eigenvalue weighted by molar-refractivity contribution is 5.79. The third-order valence-electron chi connectivity index (χ3n) is 3.97. The minimum atomic E-state index is 0.438. The van der Waals surface area contributed by atoms with Crippen LogP contribution in [0.3, 0.4) is 0 Å². The number of nitrogens with one attached hydrogen (secondary N) is 2. The van der Waals surface area contributed by atoms with Gasteiger partial charge >= 0.3 is 0 Å². The summed E-state index contributed by atoms with van der Waals surface area (Å²) in [5.41, 5.74) is 0. The highest BCUT2D eigenvalue weighted by atomic mass is 15.2. The molecule has 2 unspecified atom stereocenters. The summed E-state index contributed by atoms with van der Waals surface area (Å²) in [7, 11) is 4.05. The van der Waals surface area contributed by atoms with Gasteiger partial charge in [0.1, 0.15) is 0 Å². The van der Waals surface area contributed by atoms with Gasteiger partial charge in [0.25, 0.3) is 0 Å². The first kappa shape index (κ1) is 15.3. The van der Waals surface area contributed by atoms with Gasteiger partial charge in [-0.05, 0) is 39.7 Å². The maximum absolute atomic E-state index is 4.28. The van der Waals surface area contributed by atoms with Gasteiger partial charge in [0.05, 0.1) is 0 Å². The van der Waals surface area contributed by atoms with Crippen LogP contribution < -0.4 is 10.6 Å². The maximum atomic E-state index is 4.28. The summed E-state index contributed by atoms with van der Waals surface area (Å²) >= 11 is 0. The lowest BCUT2D eigenvalue weighted by Gasteiger charge is -2.26. The van der Waals surface area contributed by atoms with E-state index in [2.05, 4.69) is 55.3 Å². The van der Waals surface area contributed by atoms with Crippen LogP contribution in [0.15, 0.2) is 4.99 Å². The van der Waals surface area contributed by atoms with Crippen LogP contribution in [0.5, 0.6) is 0 Å². The maximum Gasteiger partial charge on any atom is 0.191 e. The quantitative estimate of drug-likeness (QED) is 0.559. The second kappa shape index (κ2) is 6.98. The second-order valence-corrected chi connectivity index (χ2v) is 5.88. The van der Waals surface area contributed by atoms with Crippen molar-refractivity contribution >= 4 is 5.96 Å². The van der Waals surface area contributed by atoms with Crippen molar-refractivity contribution < 1.29 is 0 Å². The lowest BCUT2D eigenvalue weighted by molar-refractivity contribution is 0.247. The van der Waals surface area contributed by atoms with Crippen molar-refractivity contribution in [1.82, 2.24) is 15.5 Å². The van der Waals surface area contributed by atoms with Crippen molar-refractivity contribution in [1.29, 1.82) is 0 Å². The van der Waals surface area contributed by atoms with Crippen LogP contribution in [0.1, 0.15) is 40.5 Å². The van der Waals surface area contributed by atoms with Gasteiger partial charge in [0.2, 0.25) is 0 Å². The van der Waals surface area contributed by atoms with Crippen molar-refractivity contribution in [3.8, 4) is 0 Å². The first-order valence-corrected chi connectivity index (χ1v) is 7.14. The van der Waals surface area contributed by atoms with Gasteiger partial charge in [-0.15, -0.1) is 0 Å². The molecule has 0 saturated heterocycles. The van der Waals surface area contributed by atoms with Crippen LogP contribution in [0, 0.1) is 5.92 Å². The smallest absolute Gasteiger partial charge is 0.191 e. The zero-order chi connectivity index (χ0) is 13.7. The molecule has 2 atom stereocenters. The molecule has 18 heavy (non-hydrogen) atoms. The molecule has 4 nitrogen and oxygen atoms in total. The number of rotatable bonds is 6. The summed E-state index contributed by atoms with van der Waals surface area (Å²) in [4.78, 5) is 6.74. The molecular formula is C14H30N4. The molecular weight excluding hydrogens is 224 g/mol. The van der Waals surface area contributed by atoms with Crippen LogP contribution in [-0.4, -0.2) is 49.6 Å². The molecule has 1 saturated carbocycles. The predicted octanol–water partition coefficient (Wildman–Crippen LogP) is 1.68. The van der Waals surface area contributed by atoms with E-state index in [-0.39, 0.29) is 0 Å². The minimum Gasteiger partial charge on any atom is -0.355 e. The number of nitrogens with zero attached hydrogens (tertiary/aromatic N) is 2. The van der Waals surface area contributed by atoms with Crippen LogP contribution in [0.2, 0.25) is 0 Å². The molecule has 0 heterocycles. The van der Waals surface area contributed by atoms with Gasteiger partial charge in [-0.25, -0.2) is 0 Å². The molecule has 1 rings (SSSR count). The van der Waals surface area contributed by atoms with Crippen LogP contribution in [-0.2, 0) is 0 Å². The Balaban J connectivity index is 2.30. The number of hydrogen-bond donors (Lipinski definition) is 2. The summed E-state index contributed by atoms with van der Waals surface area (Å²) in [5, 5.41) is 6.84. The van der Waals surface area contributed by atoms with Gasteiger partial charge in [-0.1, -0.05) is 13.8 Å². The van der Waals surface area contributed by atoms with E-state index >= 15 is 0 Å². The number of aliphatic imine (C=N–C) groups is 1. The molecule has 0 aromatic carbocycles. The highest BCUT2D eigenvalue weighted by Gasteiger charge is 2.29. The monoisotopic (exact) mass is 254 g/mol. The Morgan fingerprint density at radius 1 is 1.28 bits per heavy atom. The average Bonchev–Trinajstić information content (AvgIpc) is 3.16. The molecule has 0 bridgehead atoms. The molecule has 1 fully saturated rings. The molecule has 0 amide bonds. The van der Waals surface area contributed by atoms with Crippen molar-refractivity contribution in [2.24, 2.45) is 10.9 Å². The molecule has 0 aromatic heterocycles. The molecule has 106 valence electrons. The van der Waals surface area contributed by atoms with Gasteiger partial charge in [-0.3, -0.25) is 9.89 Å². The largest absolute Gasteiger partial charge is 0.355 e. The normalized spacial score (nSPS) is 20.1. The highest BCUT2D eigenvalue weighted by Crippen LogP contribution is 2.26. The molecule has 0 aromatic rings. The summed E-state index contributed by atoms with van der Waals surface area (Å²) in [6.07, 6.45) is 2.72. The van der Waals surface area contributed by atoms with Crippen LogP contribution in [0.4, 0.5) is 0 Å². The van der Waals surface area contributed by atoms with E-state index in [0.717, 1.165) is 18.5 Å². The Morgan fingerprint density at radius 2 is 1.89 bits per heavy atom. The van der Waals surface area contributed by atoms with Crippen LogP contribution >= 0.6 is 0 Å². The molecule has 4 heteroatoms. The topological polar surface area (TPSA) is 39.7 Å². The summed E-state index contributed by atoms with van der Waals surface area (Å²) < 4.78 is 0. The van der Waals surface area contributed by atoms with E-state index in [1.807, 2.05) is 7.05 Å². The zero-order valence-electron chi connectivity index (χ0n) is 12.8. The molecule has 0 aliphatic heterocycles. The van der Waals surface area contributed by atoms with E-state index in [0.29, 0.717) is 18.0 Å². The first-order chi connectivity index (χ1) is 8.45. The third-order valence-corrected chi connectivity index (χ3v) is 3.97. The van der Waals surface area contributed by atoms with E-state index < -0.39 is 0 Å². The number of guanidine groups is 1. The van der Waals surface area contributed by atoms with E-state index in [1.165, 1.54) is 12.8 Å². The Morgan fingerprint density at radius 3 is 2.33 bits per heavy atom. The van der Waals surface area contributed by atoms with Crippen molar-refractivity contribution in [3.63, 3.8) is 0 Å². The summed E-state index contributed by atoms with van der Waals surface area (Å²) in [6.45, 7) is 9.84. The Bertz CT molecular complexity index is 271. The third kappa shape index (κ3) is 4.84. The molecule has 1 aliphatic rings. The fourth-order valence-corrected chi connectivity index (χ4v) is 1.81.